The van der Waals surface area contributed by atoms with Crippen molar-refractivity contribution in [3.8, 4) is 46.1 Å². The summed E-state index contributed by atoms with van der Waals surface area (Å²) in [5.74, 6) is 0.686. The van der Waals surface area contributed by atoms with Crippen molar-refractivity contribution in [3.63, 3.8) is 0 Å². The molecule has 280 valence electrons. The van der Waals surface area contributed by atoms with Gasteiger partial charge in [-0.15, -0.1) is 0 Å². The maximum atomic E-state index is 11.8. The minimum Gasteiger partial charge on any atom is -0.480 e. The molecule has 0 saturated heterocycles. The van der Waals surface area contributed by atoms with Crippen LogP contribution in [0.2, 0.25) is 5.02 Å². The second-order valence-corrected chi connectivity index (χ2v) is 14.8. The van der Waals surface area contributed by atoms with Crippen LogP contribution in [0.5, 0.6) is 17.6 Å². The second kappa shape index (κ2) is 16.0. The molecule has 0 fully saturated rings. The third-order valence-electron chi connectivity index (χ3n) is 9.56. The van der Waals surface area contributed by atoms with Gasteiger partial charge in [0.25, 0.3) is 0 Å². The summed E-state index contributed by atoms with van der Waals surface area (Å²) in [6.45, 7) is 4.82. The summed E-state index contributed by atoms with van der Waals surface area (Å²) in [5, 5.41) is 25.6. The molecule has 1 aliphatic heterocycles. The van der Waals surface area contributed by atoms with E-state index in [0.29, 0.717) is 29.0 Å². The minimum absolute atomic E-state index is 0.0639. The Morgan fingerprint density at radius 3 is 2.62 bits per heavy atom. The van der Waals surface area contributed by atoms with Crippen LogP contribution in [-0.2, 0) is 24.4 Å². The summed E-state index contributed by atoms with van der Waals surface area (Å²) < 4.78 is 19.3. The first-order chi connectivity index (χ1) is 26.6. The number of nitriles is 1. The van der Waals surface area contributed by atoms with E-state index in [1.54, 1.807) is 39.3 Å². The zero-order valence-electron chi connectivity index (χ0n) is 30.3. The lowest BCUT2D eigenvalue weighted by atomic mass is 9.95. The van der Waals surface area contributed by atoms with Gasteiger partial charge in [0.05, 0.1) is 30.5 Å². The van der Waals surface area contributed by atoms with E-state index in [9.17, 15) is 15.2 Å². The molecule has 0 bridgehead atoms. The molecule has 12 nitrogen and oxygen atoms in total. The van der Waals surface area contributed by atoms with Gasteiger partial charge in [-0.1, -0.05) is 48.0 Å². The maximum absolute atomic E-state index is 11.8. The fourth-order valence-corrected chi connectivity index (χ4v) is 7.47. The van der Waals surface area contributed by atoms with Gasteiger partial charge in [0.15, 0.2) is 0 Å². The van der Waals surface area contributed by atoms with E-state index in [4.69, 9.17) is 35.8 Å². The normalized spacial score (nSPS) is 14.8. The number of fused-ring (bicyclic) bond motifs is 1. The van der Waals surface area contributed by atoms with Crippen LogP contribution in [0.4, 0.5) is 0 Å². The van der Waals surface area contributed by atoms with Gasteiger partial charge < -0.3 is 24.6 Å². The highest BCUT2D eigenvalue weighted by atomic mass is 79.9. The Morgan fingerprint density at radius 2 is 1.85 bits per heavy atom. The van der Waals surface area contributed by atoms with Crippen LogP contribution < -0.4 is 24.8 Å². The summed E-state index contributed by atoms with van der Waals surface area (Å²) >= 11 is 10.7. The average Bonchev–Trinajstić information content (AvgIpc) is 3.88. The minimum atomic E-state index is -1.22. The van der Waals surface area contributed by atoms with Crippen LogP contribution in [0, 0.1) is 11.3 Å². The Morgan fingerprint density at radius 1 is 1.05 bits per heavy atom. The van der Waals surface area contributed by atoms with Gasteiger partial charge >= 0.3 is 5.97 Å². The van der Waals surface area contributed by atoms with Crippen molar-refractivity contribution >= 4 is 39.3 Å². The van der Waals surface area contributed by atoms with Crippen molar-refractivity contribution in [3.05, 3.63) is 116 Å². The molecule has 4 heterocycles. The highest BCUT2D eigenvalue weighted by Crippen LogP contribution is 2.45. The standard InChI is InChI=1S/C41H37BrClN7O5/c1-41(2,40(51)52)48-21-25-17-32(43)39(50-37(25)54-22-24-16-23(18-44)19-45-20-24)55-34-13-11-27-26(6-4-7-28(27)34)29-8-5-9-30(35(29)42)33-12-10-31(38(49-33)53-3)36-46-14-15-47-36/h4-10,12,16-17,19-20,34,48H,11,13-15,21-22H2,1-3H3,(H,46,47)(H,51,52)/t34-/m0/s1. The molecule has 1 aliphatic carbocycles. The molecule has 2 aliphatic rings. The number of methoxy groups -OCH3 is 1. The number of ether oxygens (including phenoxy) is 3. The molecule has 0 spiro atoms. The molecule has 7 rings (SSSR count). The van der Waals surface area contributed by atoms with Crippen molar-refractivity contribution in [2.45, 2.75) is 51.5 Å². The topological polar surface area (TPSA) is 164 Å². The van der Waals surface area contributed by atoms with E-state index < -0.39 is 11.5 Å². The monoisotopic (exact) mass is 821 g/mol. The summed E-state index contributed by atoms with van der Waals surface area (Å²) in [6, 6.07) is 21.7. The number of halogens is 2. The number of nitrogens with one attached hydrogen (secondary N) is 2. The Kier molecular flexibility index (Phi) is 11.0. The van der Waals surface area contributed by atoms with E-state index in [2.05, 4.69) is 60.8 Å². The van der Waals surface area contributed by atoms with E-state index in [1.807, 2.05) is 30.3 Å². The number of pyridine rings is 3. The molecule has 0 radical (unpaired) electrons. The maximum Gasteiger partial charge on any atom is 0.323 e. The Hall–Kier alpha value is -5.55. The summed E-state index contributed by atoms with van der Waals surface area (Å²) in [7, 11) is 1.61. The number of carboxylic acids is 1. The van der Waals surface area contributed by atoms with E-state index in [1.165, 1.54) is 6.20 Å². The third-order valence-corrected chi connectivity index (χ3v) is 10.7. The van der Waals surface area contributed by atoms with E-state index in [-0.39, 0.29) is 36.0 Å². The molecular formula is C41H37BrClN7O5. The SMILES string of the molecule is COc1nc(-c2cccc(-c3cccc4c3CC[C@@H]4Oc3nc(OCc4cncc(C#N)c4)c(CNC(C)(C)C(=O)O)cc3Cl)c2Br)ccc1C1=NCCN1. The van der Waals surface area contributed by atoms with Crippen LogP contribution in [0.25, 0.3) is 22.4 Å². The number of carbonyl (C=O) groups is 1. The number of aliphatic carboxylic acids is 1. The number of hydrogen-bond acceptors (Lipinski definition) is 11. The lowest BCUT2D eigenvalue weighted by molar-refractivity contribution is -0.143. The highest BCUT2D eigenvalue weighted by Gasteiger charge is 2.30. The van der Waals surface area contributed by atoms with Gasteiger partial charge in [0.2, 0.25) is 17.6 Å². The molecule has 3 aromatic heterocycles. The first-order valence-corrected chi connectivity index (χ1v) is 18.8. The Bertz CT molecular complexity index is 2360. The van der Waals surface area contributed by atoms with Crippen molar-refractivity contribution in [2.75, 3.05) is 20.2 Å². The number of amidine groups is 1. The fraction of sp³-hybridized carbons (Fsp3) is 0.268. The number of nitrogens with zero attached hydrogens (tertiary/aromatic N) is 5. The van der Waals surface area contributed by atoms with Crippen molar-refractivity contribution in [1.82, 2.24) is 25.6 Å². The first kappa shape index (κ1) is 37.8. The molecule has 5 aromatic rings. The molecular weight excluding hydrogens is 786 g/mol. The van der Waals surface area contributed by atoms with Crippen LogP contribution in [-0.4, -0.2) is 57.6 Å². The molecule has 0 saturated carbocycles. The average molecular weight is 823 g/mol. The van der Waals surface area contributed by atoms with Crippen LogP contribution in [0.15, 0.2) is 82.5 Å². The first-order valence-electron chi connectivity index (χ1n) is 17.6. The number of rotatable bonds is 13. The predicted octanol–water partition coefficient (Wildman–Crippen LogP) is 7.45. The summed E-state index contributed by atoms with van der Waals surface area (Å²) in [6.07, 6.45) is 4.19. The van der Waals surface area contributed by atoms with Gasteiger partial charge in [-0.05, 0) is 89.1 Å². The van der Waals surface area contributed by atoms with Crippen molar-refractivity contribution in [2.24, 2.45) is 4.99 Å². The Balaban J connectivity index is 1.17. The molecule has 1 atom stereocenters. The lowest BCUT2D eigenvalue weighted by Crippen LogP contribution is -2.46. The lowest BCUT2D eigenvalue weighted by Gasteiger charge is -2.23. The summed E-state index contributed by atoms with van der Waals surface area (Å²) in [5.41, 5.74) is 7.17. The van der Waals surface area contributed by atoms with Crippen LogP contribution in [0.1, 0.15) is 59.8 Å². The fourth-order valence-electron chi connectivity index (χ4n) is 6.57. The van der Waals surface area contributed by atoms with Gasteiger partial charge in [0, 0.05) is 46.6 Å². The predicted molar refractivity (Wildman–Crippen MR) is 212 cm³/mol. The van der Waals surface area contributed by atoms with Gasteiger partial charge in [-0.3, -0.25) is 20.1 Å². The number of aromatic nitrogens is 3. The largest absolute Gasteiger partial charge is 0.480 e. The highest BCUT2D eigenvalue weighted by molar-refractivity contribution is 9.10. The third kappa shape index (κ3) is 7.98. The quantitative estimate of drug-likeness (QED) is 0.108. The summed E-state index contributed by atoms with van der Waals surface area (Å²) in [4.78, 5) is 30.0. The zero-order chi connectivity index (χ0) is 38.7. The molecule has 14 heteroatoms. The van der Waals surface area contributed by atoms with Crippen molar-refractivity contribution < 1.29 is 24.1 Å². The number of carboxylic acid groups (broad SMARTS) is 1. The van der Waals surface area contributed by atoms with Gasteiger partial charge in [0.1, 0.15) is 35.2 Å². The van der Waals surface area contributed by atoms with Crippen molar-refractivity contribution in [1.29, 1.82) is 5.26 Å². The van der Waals surface area contributed by atoms with E-state index >= 15 is 0 Å². The molecule has 2 aromatic carbocycles. The number of aliphatic imine (C=N–C) groups is 1. The number of benzene rings is 2. The van der Waals surface area contributed by atoms with E-state index in [0.717, 1.165) is 68.9 Å². The molecule has 3 N–H and O–H groups in total. The molecule has 0 unspecified atom stereocenters. The zero-order valence-corrected chi connectivity index (χ0v) is 32.7. The Labute approximate surface area is 331 Å². The molecule has 55 heavy (non-hydrogen) atoms. The second-order valence-electron chi connectivity index (χ2n) is 13.6. The smallest absolute Gasteiger partial charge is 0.323 e. The molecule has 0 amide bonds. The van der Waals surface area contributed by atoms with Crippen LogP contribution >= 0.6 is 27.5 Å². The van der Waals surface area contributed by atoms with Gasteiger partial charge in [-0.25, -0.2) is 4.98 Å². The van der Waals surface area contributed by atoms with Gasteiger partial charge in [-0.2, -0.15) is 10.2 Å². The number of hydrogen-bond donors (Lipinski definition) is 3. The van der Waals surface area contributed by atoms with Crippen LogP contribution in [0.3, 0.4) is 0 Å².